The molecule has 3 aromatic rings. The van der Waals surface area contributed by atoms with E-state index in [4.69, 9.17) is 0 Å². The van der Waals surface area contributed by atoms with E-state index >= 15 is 0 Å². The van der Waals surface area contributed by atoms with Crippen molar-refractivity contribution in [1.29, 1.82) is 0 Å². The molecule has 0 saturated carbocycles. The van der Waals surface area contributed by atoms with Crippen LogP contribution in [0.3, 0.4) is 0 Å². The van der Waals surface area contributed by atoms with E-state index in [1.807, 2.05) is 60.7 Å². The Morgan fingerprint density at radius 3 is 2.26 bits per heavy atom. The molecule has 1 heterocycles. The third-order valence-corrected chi connectivity index (χ3v) is 3.70. The fraction of sp³-hybridized carbons (Fsp3) is 0.158. The van der Waals surface area contributed by atoms with Crippen molar-refractivity contribution in [2.45, 2.75) is 19.6 Å². The van der Waals surface area contributed by atoms with Crippen LogP contribution in [0.25, 0.3) is 11.3 Å². The van der Waals surface area contributed by atoms with Crippen molar-refractivity contribution in [3.8, 4) is 11.3 Å². The summed E-state index contributed by atoms with van der Waals surface area (Å²) < 4.78 is 1.43. The molecule has 3 rings (SSSR count). The molecule has 0 aliphatic rings. The van der Waals surface area contributed by atoms with Gasteiger partial charge in [0.2, 0.25) is 0 Å². The van der Waals surface area contributed by atoms with Gasteiger partial charge in [0.25, 0.3) is 5.56 Å². The summed E-state index contributed by atoms with van der Waals surface area (Å²) in [6.07, 6.45) is -0.753. The van der Waals surface area contributed by atoms with E-state index in [-0.39, 0.29) is 5.56 Å². The molecular weight excluding hydrogens is 288 g/mol. The lowest BCUT2D eigenvalue weighted by molar-refractivity contribution is 0.199. The predicted octanol–water partition coefficient (Wildman–Crippen LogP) is 3.01. The highest BCUT2D eigenvalue weighted by molar-refractivity contribution is 5.62. The molecule has 0 aliphatic heterocycles. The highest BCUT2D eigenvalue weighted by Gasteiger charge is 2.14. The zero-order valence-corrected chi connectivity index (χ0v) is 12.9. The highest BCUT2D eigenvalue weighted by Crippen LogP contribution is 2.24. The van der Waals surface area contributed by atoms with Gasteiger partial charge in [-0.1, -0.05) is 60.7 Å². The molecule has 1 N–H and O–H groups in total. The smallest absolute Gasteiger partial charge is 0.267 e. The van der Waals surface area contributed by atoms with E-state index in [0.717, 1.165) is 11.1 Å². The predicted molar refractivity (Wildman–Crippen MR) is 90.1 cm³/mol. The SMILES string of the molecule is CC(O)c1cc(=O)n(Cc2ccccc2)nc1-c1ccccc1. The van der Waals surface area contributed by atoms with Crippen LogP contribution in [0.1, 0.15) is 24.2 Å². The largest absolute Gasteiger partial charge is 0.389 e. The summed E-state index contributed by atoms with van der Waals surface area (Å²) in [4.78, 5) is 12.3. The van der Waals surface area contributed by atoms with Gasteiger partial charge in [0.05, 0.1) is 18.3 Å². The van der Waals surface area contributed by atoms with E-state index in [9.17, 15) is 9.90 Å². The molecule has 4 nitrogen and oxygen atoms in total. The maximum atomic E-state index is 12.3. The molecule has 0 radical (unpaired) electrons. The van der Waals surface area contributed by atoms with Crippen molar-refractivity contribution >= 4 is 0 Å². The van der Waals surface area contributed by atoms with Crippen LogP contribution in [0, 0.1) is 0 Å². The number of aromatic nitrogens is 2. The lowest BCUT2D eigenvalue weighted by Gasteiger charge is -2.14. The van der Waals surface area contributed by atoms with Gasteiger partial charge < -0.3 is 5.11 Å². The molecule has 0 bridgehead atoms. The monoisotopic (exact) mass is 306 g/mol. The van der Waals surface area contributed by atoms with Crippen LogP contribution in [-0.2, 0) is 6.54 Å². The third-order valence-electron chi connectivity index (χ3n) is 3.70. The highest BCUT2D eigenvalue weighted by atomic mass is 16.3. The first kappa shape index (κ1) is 15.2. The van der Waals surface area contributed by atoms with Crippen LogP contribution >= 0.6 is 0 Å². The minimum atomic E-state index is -0.753. The lowest BCUT2D eigenvalue weighted by atomic mass is 10.0. The molecular formula is C19H18N2O2. The van der Waals surface area contributed by atoms with Gasteiger partial charge in [-0.05, 0) is 12.5 Å². The van der Waals surface area contributed by atoms with E-state index in [1.54, 1.807) is 6.92 Å². The van der Waals surface area contributed by atoms with Crippen LogP contribution in [0.5, 0.6) is 0 Å². The fourth-order valence-corrected chi connectivity index (χ4v) is 2.51. The fourth-order valence-electron chi connectivity index (χ4n) is 2.51. The van der Waals surface area contributed by atoms with Gasteiger partial charge in [0.15, 0.2) is 0 Å². The van der Waals surface area contributed by atoms with Gasteiger partial charge in [0, 0.05) is 17.2 Å². The molecule has 0 spiro atoms. The summed E-state index contributed by atoms with van der Waals surface area (Å²) in [6, 6.07) is 20.8. The lowest BCUT2D eigenvalue weighted by Crippen LogP contribution is -2.25. The van der Waals surface area contributed by atoms with Gasteiger partial charge in [-0.25, -0.2) is 4.68 Å². The standard InChI is InChI=1S/C19H18N2O2/c1-14(22)17-12-18(23)21(13-15-8-4-2-5-9-15)20-19(17)16-10-6-3-7-11-16/h2-12,14,22H,13H2,1H3. The number of benzene rings is 2. The third kappa shape index (κ3) is 3.38. The number of nitrogens with zero attached hydrogens (tertiary/aromatic N) is 2. The van der Waals surface area contributed by atoms with Crippen LogP contribution < -0.4 is 5.56 Å². The number of hydrogen-bond donors (Lipinski definition) is 1. The molecule has 4 heteroatoms. The Kier molecular flexibility index (Phi) is 4.35. The molecule has 116 valence electrons. The minimum Gasteiger partial charge on any atom is -0.389 e. The Balaban J connectivity index is 2.10. The van der Waals surface area contributed by atoms with Crippen molar-refractivity contribution in [2.24, 2.45) is 0 Å². The van der Waals surface area contributed by atoms with E-state index in [1.165, 1.54) is 10.7 Å². The summed E-state index contributed by atoms with van der Waals surface area (Å²) in [7, 11) is 0. The number of hydrogen-bond acceptors (Lipinski definition) is 3. The molecule has 0 fully saturated rings. The first-order chi connectivity index (χ1) is 11.1. The minimum absolute atomic E-state index is 0.218. The maximum absolute atomic E-state index is 12.3. The van der Waals surface area contributed by atoms with Crippen LogP contribution in [0.15, 0.2) is 71.5 Å². The normalized spacial score (nSPS) is 12.1. The van der Waals surface area contributed by atoms with Gasteiger partial charge >= 0.3 is 0 Å². The number of aliphatic hydroxyl groups is 1. The second-order valence-electron chi connectivity index (χ2n) is 5.47. The van der Waals surface area contributed by atoms with Crippen molar-refractivity contribution < 1.29 is 5.11 Å². The molecule has 0 saturated heterocycles. The summed E-state index contributed by atoms with van der Waals surface area (Å²) in [5.74, 6) is 0. The summed E-state index contributed by atoms with van der Waals surface area (Å²) in [5.41, 5.74) is 2.85. The van der Waals surface area contributed by atoms with Crippen molar-refractivity contribution in [2.75, 3.05) is 0 Å². The molecule has 23 heavy (non-hydrogen) atoms. The van der Waals surface area contributed by atoms with Crippen molar-refractivity contribution in [1.82, 2.24) is 9.78 Å². The van der Waals surface area contributed by atoms with Gasteiger partial charge in [-0.3, -0.25) is 4.79 Å². The Labute approximate surface area is 134 Å². The second kappa shape index (κ2) is 6.58. The first-order valence-electron chi connectivity index (χ1n) is 7.54. The Bertz CT molecular complexity index is 840. The van der Waals surface area contributed by atoms with Gasteiger partial charge in [-0.15, -0.1) is 0 Å². The van der Waals surface area contributed by atoms with Crippen LogP contribution in [0.4, 0.5) is 0 Å². The van der Waals surface area contributed by atoms with E-state index in [0.29, 0.717) is 17.8 Å². The number of aliphatic hydroxyl groups excluding tert-OH is 1. The Morgan fingerprint density at radius 2 is 1.65 bits per heavy atom. The first-order valence-corrected chi connectivity index (χ1v) is 7.54. The van der Waals surface area contributed by atoms with Gasteiger partial charge in [0.1, 0.15) is 0 Å². The Hall–Kier alpha value is -2.72. The zero-order chi connectivity index (χ0) is 16.2. The topological polar surface area (TPSA) is 55.1 Å². The maximum Gasteiger partial charge on any atom is 0.267 e. The van der Waals surface area contributed by atoms with E-state index < -0.39 is 6.10 Å². The summed E-state index contributed by atoms with van der Waals surface area (Å²) in [5, 5.41) is 14.5. The van der Waals surface area contributed by atoms with Gasteiger partial charge in [-0.2, -0.15) is 5.10 Å². The average Bonchev–Trinajstić information content (AvgIpc) is 2.58. The zero-order valence-electron chi connectivity index (χ0n) is 12.9. The summed E-state index contributed by atoms with van der Waals surface area (Å²) in [6.45, 7) is 2.05. The summed E-state index contributed by atoms with van der Waals surface area (Å²) >= 11 is 0. The molecule has 0 aliphatic carbocycles. The van der Waals surface area contributed by atoms with Crippen molar-refractivity contribution in [3.05, 3.63) is 88.2 Å². The molecule has 2 aromatic carbocycles. The Morgan fingerprint density at radius 1 is 1.04 bits per heavy atom. The van der Waals surface area contributed by atoms with Crippen molar-refractivity contribution in [3.63, 3.8) is 0 Å². The number of rotatable bonds is 4. The van der Waals surface area contributed by atoms with E-state index in [2.05, 4.69) is 5.10 Å². The second-order valence-corrected chi connectivity index (χ2v) is 5.47. The molecule has 1 unspecified atom stereocenters. The molecule has 1 aromatic heterocycles. The molecule has 0 amide bonds. The average molecular weight is 306 g/mol. The van der Waals surface area contributed by atoms with Crippen LogP contribution in [-0.4, -0.2) is 14.9 Å². The van der Waals surface area contributed by atoms with Crippen LogP contribution in [0.2, 0.25) is 0 Å². The quantitative estimate of drug-likeness (QED) is 0.806. The molecule has 1 atom stereocenters.